The zero-order chi connectivity index (χ0) is 19.4. The molecule has 0 radical (unpaired) electrons. The van der Waals surface area contributed by atoms with Gasteiger partial charge in [0.25, 0.3) is 0 Å². The summed E-state index contributed by atoms with van der Waals surface area (Å²) in [5, 5.41) is 12.1. The van der Waals surface area contributed by atoms with Gasteiger partial charge < -0.3 is 10.0 Å². The van der Waals surface area contributed by atoms with Crippen LogP contribution in [-0.4, -0.2) is 5.11 Å². The van der Waals surface area contributed by atoms with E-state index >= 15 is 0 Å². The average molecular weight is 411 g/mol. The minimum atomic E-state index is 0.132. The molecule has 0 amide bonds. The molecule has 2 rings (SSSR count). The fraction of sp³-hybridized carbons (Fsp3) is 0.238. The maximum absolute atomic E-state index is 10.4. The average Bonchev–Trinajstić information content (AvgIpc) is 2.58. The van der Waals surface area contributed by atoms with E-state index in [1.54, 1.807) is 31.2 Å². The molecule has 0 fully saturated rings. The van der Waals surface area contributed by atoms with Crippen LogP contribution in [0, 0.1) is 13.8 Å². The second-order valence-electron chi connectivity index (χ2n) is 6.14. The SMILES string of the molecule is CC/C(Cl)=C\C(=C(/C)O)N(c1ccc(C)cc1C)c1cc(Cl)ccc1Cl. The van der Waals surface area contributed by atoms with Crippen LogP contribution in [0.4, 0.5) is 11.4 Å². The lowest BCUT2D eigenvalue weighted by Crippen LogP contribution is -2.18. The Morgan fingerprint density at radius 1 is 1.08 bits per heavy atom. The monoisotopic (exact) mass is 409 g/mol. The van der Waals surface area contributed by atoms with Crippen LogP contribution in [-0.2, 0) is 0 Å². The largest absolute Gasteiger partial charge is 0.510 e. The van der Waals surface area contributed by atoms with E-state index in [0.717, 1.165) is 16.8 Å². The molecule has 0 aliphatic rings. The normalized spacial score (nSPS) is 12.8. The van der Waals surface area contributed by atoms with Crippen LogP contribution in [0.25, 0.3) is 0 Å². The summed E-state index contributed by atoms with van der Waals surface area (Å²) in [6.45, 7) is 7.64. The van der Waals surface area contributed by atoms with E-state index in [2.05, 4.69) is 6.07 Å². The fourth-order valence-electron chi connectivity index (χ4n) is 2.68. The van der Waals surface area contributed by atoms with Crippen molar-refractivity contribution in [3.63, 3.8) is 0 Å². The number of hydrogen-bond donors (Lipinski definition) is 1. The van der Waals surface area contributed by atoms with Crippen molar-refractivity contribution < 1.29 is 5.11 Å². The van der Waals surface area contributed by atoms with E-state index in [1.807, 2.05) is 37.8 Å². The van der Waals surface area contributed by atoms with Gasteiger partial charge in [-0.3, -0.25) is 0 Å². The second-order valence-corrected chi connectivity index (χ2v) is 7.47. The first-order chi connectivity index (χ1) is 12.2. The van der Waals surface area contributed by atoms with Crippen molar-refractivity contribution in [1.82, 2.24) is 0 Å². The highest BCUT2D eigenvalue weighted by Crippen LogP contribution is 2.40. The van der Waals surface area contributed by atoms with Crippen LogP contribution in [0.3, 0.4) is 0 Å². The van der Waals surface area contributed by atoms with Gasteiger partial charge >= 0.3 is 0 Å². The smallest absolute Gasteiger partial charge is 0.113 e. The number of nitrogens with zero attached hydrogens (tertiary/aromatic N) is 1. The van der Waals surface area contributed by atoms with Crippen LogP contribution in [0.15, 0.2) is 59.0 Å². The number of aryl methyl sites for hydroxylation is 2. The van der Waals surface area contributed by atoms with Crippen LogP contribution >= 0.6 is 34.8 Å². The molecule has 0 saturated carbocycles. The van der Waals surface area contributed by atoms with E-state index in [-0.39, 0.29) is 5.76 Å². The van der Waals surface area contributed by atoms with Gasteiger partial charge in [0.1, 0.15) is 5.76 Å². The molecule has 2 aromatic rings. The molecule has 0 aliphatic heterocycles. The summed E-state index contributed by atoms with van der Waals surface area (Å²) >= 11 is 19.0. The van der Waals surface area contributed by atoms with Crippen molar-refractivity contribution in [3.8, 4) is 0 Å². The van der Waals surface area contributed by atoms with Crippen LogP contribution in [0.2, 0.25) is 10.0 Å². The van der Waals surface area contributed by atoms with Crippen molar-refractivity contribution in [2.75, 3.05) is 4.90 Å². The number of rotatable bonds is 5. The zero-order valence-corrected chi connectivity index (χ0v) is 17.5. The minimum Gasteiger partial charge on any atom is -0.510 e. The number of halogens is 3. The standard InChI is InChI=1S/C21H22Cl3NO/c1-5-16(22)11-20(15(4)26)25(19-9-6-13(2)10-14(19)3)21-12-17(23)7-8-18(21)24/h6-12,26H,5H2,1-4H3/b16-11+,20-15-. The summed E-state index contributed by atoms with van der Waals surface area (Å²) in [4.78, 5) is 1.89. The van der Waals surface area contributed by atoms with Crippen molar-refractivity contribution in [3.05, 3.63) is 80.1 Å². The molecule has 138 valence electrons. The van der Waals surface area contributed by atoms with E-state index in [9.17, 15) is 5.11 Å². The molecule has 2 aromatic carbocycles. The molecular formula is C21H22Cl3NO. The molecule has 5 heteroatoms. The Morgan fingerprint density at radius 3 is 2.35 bits per heavy atom. The van der Waals surface area contributed by atoms with Gasteiger partial charge in [-0.1, -0.05) is 59.4 Å². The highest BCUT2D eigenvalue weighted by Gasteiger charge is 2.21. The summed E-state index contributed by atoms with van der Waals surface area (Å²) in [7, 11) is 0. The molecule has 0 aromatic heterocycles. The van der Waals surface area contributed by atoms with E-state index in [0.29, 0.717) is 32.9 Å². The summed E-state index contributed by atoms with van der Waals surface area (Å²) in [6, 6.07) is 11.3. The first-order valence-corrected chi connectivity index (χ1v) is 9.46. The van der Waals surface area contributed by atoms with Crippen molar-refractivity contribution in [2.45, 2.75) is 34.1 Å². The number of benzene rings is 2. The Hall–Kier alpha value is -1.61. The second kappa shape index (κ2) is 8.85. The van der Waals surface area contributed by atoms with E-state index in [4.69, 9.17) is 34.8 Å². The van der Waals surface area contributed by atoms with Crippen LogP contribution < -0.4 is 4.90 Å². The third-order valence-corrected chi connectivity index (χ3v) is 4.92. The zero-order valence-electron chi connectivity index (χ0n) is 15.3. The number of hydrogen-bond acceptors (Lipinski definition) is 2. The molecule has 0 bridgehead atoms. The molecule has 0 saturated heterocycles. The third kappa shape index (κ3) is 4.76. The minimum absolute atomic E-state index is 0.132. The van der Waals surface area contributed by atoms with Crippen LogP contribution in [0.1, 0.15) is 31.4 Å². The summed E-state index contributed by atoms with van der Waals surface area (Å²) < 4.78 is 0. The van der Waals surface area contributed by atoms with Gasteiger partial charge in [-0.25, -0.2) is 0 Å². The molecule has 0 unspecified atom stereocenters. The molecule has 26 heavy (non-hydrogen) atoms. The van der Waals surface area contributed by atoms with E-state index < -0.39 is 0 Å². The van der Waals surface area contributed by atoms with Gasteiger partial charge in [0.2, 0.25) is 0 Å². The predicted molar refractivity (Wildman–Crippen MR) is 114 cm³/mol. The molecule has 0 heterocycles. The first-order valence-electron chi connectivity index (χ1n) is 8.33. The van der Waals surface area contributed by atoms with Gasteiger partial charge in [-0.2, -0.15) is 0 Å². The van der Waals surface area contributed by atoms with Gasteiger partial charge in [0, 0.05) is 15.7 Å². The lowest BCUT2D eigenvalue weighted by atomic mass is 10.1. The lowest BCUT2D eigenvalue weighted by Gasteiger charge is -2.29. The Kier molecular flexibility index (Phi) is 7.05. The van der Waals surface area contributed by atoms with Crippen molar-refractivity contribution in [1.29, 1.82) is 0 Å². The molecule has 2 nitrogen and oxygen atoms in total. The van der Waals surface area contributed by atoms with Crippen LogP contribution in [0.5, 0.6) is 0 Å². The van der Waals surface area contributed by atoms with Gasteiger partial charge in [-0.15, -0.1) is 0 Å². The fourth-order valence-corrected chi connectivity index (χ4v) is 3.16. The number of aliphatic hydroxyl groups is 1. The molecule has 0 aliphatic carbocycles. The Morgan fingerprint density at radius 2 is 1.77 bits per heavy atom. The maximum Gasteiger partial charge on any atom is 0.113 e. The molecule has 0 atom stereocenters. The Bertz CT molecular complexity index is 868. The maximum atomic E-state index is 10.4. The predicted octanol–water partition coefficient (Wildman–Crippen LogP) is 8.07. The number of anilines is 2. The van der Waals surface area contributed by atoms with Gasteiger partial charge in [0.15, 0.2) is 0 Å². The quantitative estimate of drug-likeness (QED) is 0.398. The lowest BCUT2D eigenvalue weighted by molar-refractivity contribution is 0.408. The third-order valence-electron chi connectivity index (χ3n) is 3.98. The molecule has 1 N–H and O–H groups in total. The van der Waals surface area contributed by atoms with E-state index in [1.165, 1.54) is 0 Å². The topological polar surface area (TPSA) is 23.5 Å². The van der Waals surface area contributed by atoms with Crippen molar-refractivity contribution in [2.24, 2.45) is 0 Å². The summed E-state index contributed by atoms with van der Waals surface area (Å²) in [6.07, 6.45) is 2.41. The highest BCUT2D eigenvalue weighted by molar-refractivity contribution is 6.35. The summed E-state index contributed by atoms with van der Waals surface area (Å²) in [5.41, 5.74) is 4.30. The van der Waals surface area contributed by atoms with Gasteiger partial charge in [-0.05, 0) is 63.1 Å². The summed E-state index contributed by atoms with van der Waals surface area (Å²) in [5.74, 6) is 0.132. The number of allylic oxidation sites excluding steroid dienone is 3. The molecular weight excluding hydrogens is 389 g/mol. The van der Waals surface area contributed by atoms with Gasteiger partial charge in [0.05, 0.1) is 16.4 Å². The Labute approximate surface area is 170 Å². The molecule has 0 spiro atoms. The highest BCUT2D eigenvalue weighted by atomic mass is 35.5. The Balaban J connectivity index is 2.81. The van der Waals surface area contributed by atoms with Crippen molar-refractivity contribution >= 4 is 46.2 Å². The first kappa shape index (κ1) is 20.7. The number of aliphatic hydroxyl groups excluding tert-OH is 1.